The lowest BCUT2D eigenvalue weighted by molar-refractivity contribution is -0.114. The smallest absolute Gasteiger partial charge is 0.341 e. The van der Waals surface area contributed by atoms with Crippen LogP contribution in [0.15, 0.2) is 33.5 Å². The lowest BCUT2D eigenvalue weighted by Gasteiger charge is -2.10. The van der Waals surface area contributed by atoms with Crippen molar-refractivity contribution in [1.29, 1.82) is 0 Å². The highest BCUT2D eigenvalue weighted by Gasteiger charge is 2.25. The van der Waals surface area contributed by atoms with Crippen molar-refractivity contribution in [2.75, 3.05) is 37.5 Å². The number of methoxy groups -OCH3 is 1. The van der Waals surface area contributed by atoms with Gasteiger partial charge in [0, 0.05) is 30.3 Å². The number of rotatable bonds is 9. The number of carbonyl (C=O) groups excluding carboxylic acids is 3. The number of ether oxygens (including phenoxy) is 2. The molecule has 0 radical (unpaired) electrons. The van der Waals surface area contributed by atoms with E-state index in [1.54, 1.807) is 32.0 Å². The van der Waals surface area contributed by atoms with Crippen molar-refractivity contribution in [3.8, 4) is 0 Å². The number of primary amides is 1. The molecule has 0 unspecified atom stereocenters. The van der Waals surface area contributed by atoms with Gasteiger partial charge in [-0.05, 0) is 37.1 Å². The van der Waals surface area contributed by atoms with Gasteiger partial charge < -0.3 is 30.3 Å². The Balaban J connectivity index is 1.75. The van der Waals surface area contributed by atoms with Gasteiger partial charge in [-0.1, -0.05) is 0 Å². The van der Waals surface area contributed by atoms with Crippen LogP contribution in [0, 0.1) is 13.8 Å². The molecule has 0 bridgehead atoms. The number of esters is 1. The predicted octanol–water partition coefficient (Wildman–Crippen LogP) is 2.42. The van der Waals surface area contributed by atoms with Crippen LogP contribution in [0.25, 0.3) is 11.0 Å². The molecule has 0 aliphatic carbocycles. The molecule has 0 fully saturated rings. The summed E-state index contributed by atoms with van der Waals surface area (Å²) in [5.74, 6) is -1.88. The fraction of sp³-hybridized carbons (Fsp3) is 0.273. The highest BCUT2D eigenvalue weighted by Crippen LogP contribution is 2.33. The largest absolute Gasteiger partial charge is 0.460 e. The highest BCUT2D eigenvalue weighted by molar-refractivity contribution is 7.18. The van der Waals surface area contributed by atoms with Gasteiger partial charge in [-0.15, -0.1) is 11.3 Å². The van der Waals surface area contributed by atoms with Crippen LogP contribution in [-0.4, -0.2) is 44.7 Å². The quantitative estimate of drug-likeness (QED) is 0.244. The summed E-state index contributed by atoms with van der Waals surface area (Å²) in [4.78, 5) is 48.5. The zero-order valence-electron chi connectivity index (χ0n) is 18.3. The van der Waals surface area contributed by atoms with E-state index in [1.807, 2.05) is 0 Å². The van der Waals surface area contributed by atoms with E-state index in [-0.39, 0.29) is 35.2 Å². The molecule has 1 aromatic carbocycles. The molecule has 2 aromatic heterocycles. The first-order chi connectivity index (χ1) is 15.7. The van der Waals surface area contributed by atoms with Crippen LogP contribution in [0.5, 0.6) is 0 Å². The predicted molar refractivity (Wildman–Crippen MR) is 124 cm³/mol. The number of amides is 2. The molecule has 174 valence electrons. The molecule has 0 spiro atoms. The molecule has 2 heterocycles. The highest BCUT2D eigenvalue weighted by atomic mass is 32.1. The molecule has 0 aliphatic rings. The van der Waals surface area contributed by atoms with Crippen molar-refractivity contribution >= 4 is 50.8 Å². The van der Waals surface area contributed by atoms with Crippen LogP contribution in [0.2, 0.25) is 0 Å². The molecule has 2 amide bonds. The Kier molecular flexibility index (Phi) is 7.46. The number of nitrogens with one attached hydrogen (secondary N) is 2. The second kappa shape index (κ2) is 10.3. The zero-order chi connectivity index (χ0) is 24.1. The zero-order valence-corrected chi connectivity index (χ0v) is 19.1. The lowest BCUT2D eigenvalue weighted by Crippen LogP contribution is -2.22. The normalized spacial score (nSPS) is 10.8. The van der Waals surface area contributed by atoms with Crippen LogP contribution in [0.3, 0.4) is 0 Å². The summed E-state index contributed by atoms with van der Waals surface area (Å²) < 4.78 is 15.2. The Labute approximate surface area is 192 Å². The number of anilines is 2. The molecule has 0 saturated heterocycles. The third-order valence-electron chi connectivity index (χ3n) is 4.75. The van der Waals surface area contributed by atoms with E-state index < -0.39 is 23.4 Å². The molecule has 11 heteroatoms. The molecule has 10 nitrogen and oxygen atoms in total. The third-order valence-corrected chi connectivity index (χ3v) is 5.97. The molecule has 0 atom stereocenters. The SMILES string of the molecule is COCCOC(=O)c1c(NC(=O)CNc2ccc3c(C)cc(=O)oc3c2)sc(C(N)=O)c1C. The molecule has 4 N–H and O–H groups in total. The number of hydrogen-bond donors (Lipinski definition) is 3. The first kappa shape index (κ1) is 24.0. The maximum atomic E-state index is 12.6. The molecule has 3 aromatic rings. The Morgan fingerprint density at radius 2 is 1.91 bits per heavy atom. The van der Waals surface area contributed by atoms with Crippen LogP contribution in [0.1, 0.15) is 31.2 Å². The van der Waals surface area contributed by atoms with Crippen molar-refractivity contribution in [3.63, 3.8) is 0 Å². The maximum absolute atomic E-state index is 12.6. The topological polar surface area (TPSA) is 150 Å². The number of nitrogens with two attached hydrogens (primary N) is 1. The summed E-state index contributed by atoms with van der Waals surface area (Å²) in [5.41, 5.74) is 7.08. The fourth-order valence-electron chi connectivity index (χ4n) is 3.16. The Morgan fingerprint density at radius 3 is 2.61 bits per heavy atom. The Morgan fingerprint density at radius 1 is 1.15 bits per heavy atom. The van der Waals surface area contributed by atoms with Crippen molar-refractivity contribution < 1.29 is 28.3 Å². The van der Waals surface area contributed by atoms with E-state index in [2.05, 4.69) is 10.6 Å². The van der Waals surface area contributed by atoms with E-state index >= 15 is 0 Å². The van der Waals surface area contributed by atoms with Crippen molar-refractivity contribution in [3.05, 3.63) is 56.3 Å². The van der Waals surface area contributed by atoms with Gasteiger partial charge in [-0.2, -0.15) is 0 Å². The van der Waals surface area contributed by atoms with Gasteiger partial charge in [-0.3, -0.25) is 9.59 Å². The third kappa shape index (κ3) is 5.57. The Hall–Kier alpha value is -3.70. The lowest BCUT2D eigenvalue weighted by atomic mass is 10.1. The summed E-state index contributed by atoms with van der Waals surface area (Å²) in [5, 5.41) is 6.51. The Bertz CT molecular complexity index is 1280. The van der Waals surface area contributed by atoms with Crippen LogP contribution in [-0.2, 0) is 14.3 Å². The minimum Gasteiger partial charge on any atom is -0.460 e. The van der Waals surface area contributed by atoms with Crippen LogP contribution < -0.4 is 22.0 Å². The van der Waals surface area contributed by atoms with Gasteiger partial charge in [0.05, 0.1) is 23.6 Å². The number of thiophene rings is 1. The van der Waals surface area contributed by atoms with Crippen molar-refractivity contribution in [1.82, 2.24) is 0 Å². The van der Waals surface area contributed by atoms with E-state index in [0.717, 1.165) is 22.3 Å². The number of hydrogen-bond acceptors (Lipinski definition) is 9. The summed E-state index contributed by atoms with van der Waals surface area (Å²) in [7, 11) is 1.47. The molecular weight excluding hydrogens is 450 g/mol. The second-order valence-corrected chi connectivity index (χ2v) is 8.14. The van der Waals surface area contributed by atoms with Crippen molar-refractivity contribution in [2.45, 2.75) is 13.8 Å². The number of carbonyl (C=O) groups is 3. The molecule has 3 rings (SSSR count). The van der Waals surface area contributed by atoms with Gasteiger partial charge in [0.2, 0.25) is 5.91 Å². The van der Waals surface area contributed by atoms with Crippen LogP contribution >= 0.6 is 11.3 Å². The maximum Gasteiger partial charge on any atom is 0.341 e. The molecular formula is C22H23N3O7S. The number of fused-ring (bicyclic) bond motifs is 1. The van der Waals surface area contributed by atoms with Gasteiger partial charge in [0.15, 0.2) is 0 Å². The fourth-order valence-corrected chi connectivity index (χ4v) is 4.22. The van der Waals surface area contributed by atoms with Gasteiger partial charge in [0.1, 0.15) is 17.2 Å². The van der Waals surface area contributed by atoms with Crippen LogP contribution in [0.4, 0.5) is 10.7 Å². The average molecular weight is 474 g/mol. The van der Waals surface area contributed by atoms with E-state index in [0.29, 0.717) is 16.8 Å². The summed E-state index contributed by atoms with van der Waals surface area (Å²) in [6, 6.07) is 6.56. The van der Waals surface area contributed by atoms with E-state index in [4.69, 9.17) is 19.6 Å². The first-order valence-corrected chi connectivity index (χ1v) is 10.7. The monoisotopic (exact) mass is 473 g/mol. The molecule has 33 heavy (non-hydrogen) atoms. The second-order valence-electron chi connectivity index (χ2n) is 7.11. The minimum atomic E-state index is -0.713. The van der Waals surface area contributed by atoms with E-state index in [1.165, 1.54) is 13.2 Å². The van der Waals surface area contributed by atoms with Crippen molar-refractivity contribution in [2.24, 2.45) is 5.73 Å². The van der Waals surface area contributed by atoms with Gasteiger partial charge >= 0.3 is 11.6 Å². The average Bonchev–Trinajstić information content (AvgIpc) is 3.08. The minimum absolute atomic E-state index is 0.0169. The van der Waals surface area contributed by atoms with Gasteiger partial charge in [0.25, 0.3) is 5.91 Å². The summed E-state index contributed by atoms with van der Waals surface area (Å²) >= 11 is 0.901. The molecule has 0 aliphatic heterocycles. The first-order valence-electron chi connectivity index (χ1n) is 9.88. The van der Waals surface area contributed by atoms with E-state index in [9.17, 15) is 19.2 Å². The summed E-state index contributed by atoms with van der Waals surface area (Å²) in [6.07, 6.45) is 0. The number of aryl methyl sites for hydroxylation is 1. The number of benzene rings is 1. The standard InChI is InChI=1S/C22H23N3O7S/c1-11-8-17(27)32-15-9-13(4-5-14(11)15)24-10-16(26)25-21-18(22(29)31-7-6-30-3)12(2)19(33-21)20(23)28/h4-5,8-9,24H,6-7,10H2,1-3H3,(H2,23,28)(H,25,26). The summed E-state index contributed by atoms with van der Waals surface area (Å²) in [6.45, 7) is 3.43. The molecule has 0 saturated carbocycles. The van der Waals surface area contributed by atoms with Gasteiger partial charge in [-0.25, -0.2) is 9.59 Å².